The van der Waals surface area contributed by atoms with Crippen molar-refractivity contribution in [2.45, 2.75) is 25.5 Å². The van der Waals surface area contributed by atoms with Gasteiger partial charge in [0.05, 0.1) is 26.4 Å². The fraction of sp³-hybridized carbons (Fsp3) is 0.286. The summed E-state index contributed by atoms with van der Waals surface area (Å²) in [5, 5.41) is 3.86. The Balaban J connectivity index is 1.43. The predicted molar refractivity (Wildman–Crippen MR) is 125 cm³/mol. The molecule has 1 aromatic carbocycles. The Labute approximate surface area is 184 Å². The van der Waals surface area contributed by atoms with Crippen LogP contribution in [0.2, 0.25) is 0 Å². The second-order valence-electron chi connectivity index (χ2n) is 7.76. The van der Waals surface area contributed by atoms with E-state index in [4.69, 9.17) is 0 Å². The third-order valence-corrected chi connectivity index (χ3v) is 8.53. The van der Waals surface area contributed by atoms with Gasteiger partial charge in [-0.3, -0.25) is 0 Å². The second-order valence-corrected chi connectivity index (χ2v) is 11.1. The molecule has 1 aliphatic heterocycles. The fourth-order valence-corrected chi connectivity index (χ4v) is 5.65. The van der Waals surface area contributed by atoms with Gasteiger partial charge in [-0.15, -0.1) is 11.3 Å². The first-order valence-electron chi connectivity index (χ1n) is 10.0. The van der Waals surface area contributed by atoms with Gasteiger partial charge in [0.2, 0.25) is 10.0 Å². The van der Waals surface area contributed by atoms with Crippen LogP contribution in [-0.4, -0.2) is 51.0 Å². The SMILES string of the molecule is CC(C)S(=O)(=O)N1CC=C(c2cc3c(Nc4ccc5ncsc5c4)ncnc3[nH]2)CC1. The molecule has 4 aromatic rings. The number of nitrogens with zero attached hydrogens (tertiary/aromatic N) is 4. The van der Waals surface area contributed by atoms with E-state index >= 15 is 0 Å². The lowest BCUT2D eigenvalue weighted by atomic mass is 10.1. The molecule has 10 heteroatoms. The van der Waals surface area contributed by atoms with Crippen LogP contribution in [0.5, 0.6) is 0 Å². The van der Waals surface area contributed by atoms with Crippen molar-refractivity contribution in [2.24, 2.45) is 0 Å². The van der Waals surface area contributed by atoms with Crippen molar-refractivity contribution in [2.75, 3.05) is 18.4 Å². The van der Waals surface area contributed by atoms with E-state index in [-0.39, 0.29) is 0 Å². The summed E-state index contributed by atoms with van der Waals surface area (Å²) in [5.74, 6) is 0.719. The first-order valence-corrected chi connectivity index (χ1v) is 12.4. The molecule has 0 aliphatic carbocycles. The Morgan fingerprint density at radius 3 is 2.84 bits per heavy atom. The minimum Gasteiger partial charge on any atom is -0.340 e. The molecule has 1 aliphatic rings. The van der Waals surface area contributed by atoms with Crippen molar-refractivity contribution in [3.63, 3.8) is 0 Å². The predicted octanol–water partition coefficient (Wildman–Crippen LogP) is 4.14. The topological polar surface area (TPSA) is 104 Å². The van der Waals surface area contributed by atoms with E-state index in [9.17, 15) is 8.42 Å². The molecule has 0 unspecified atom stereocenters. The van der Waals surface area contributed by atoms with Gasteiger partial charge in [-0.2, -0.15) is 4.31 Å². The zero-order chi connectivity index (χ0) is 21.6. The van der Waals surface area contributed by atoms with Gasteiger partial charge in [0.15, 0.2) is 0 Å². The largest absolute Gasteiger partial charge is 0.340 e. The number of rotatable bonds is 5. The molecule has 0 bridgehead atoms. The first-order chi connectivity index (χ1) is 14.9. The Morgan fingerprint density at radius 2 is 2.06 bits per heavy atom. The summed E-state index contributed by atoms with van der Waals surface area (Å²) < 4.78 is 27.5. The zero-order valence-corrected chi connectivity index (χ0v) is 18.8. The summed E-state index contributed by atoms with van der Waals surface area (Å²) in [5.41, 5.74) is 6.52. The molecule has 160 valence electrons. The highest BCUT2D eigenvalue weighted by molar-refractivity contribution is 7.89. The van der Waals surface area contributed by atoms with E-state index in [2.05, 4.69) is 31.3 Å². The molecule has 0 spiro atoms. The number of thiazole rings is 1. The summed E-state index contributed by atoms with van der Waals surface area (Å²) in [6, 6.07) is 8.05. The van der Waals surface area contributed by atoms with Gasteiger partial charge >= 0.3 is 0 Å². The maximum Gasteiger partial charge on any atom is 0.216 e. The smallest absolute Gasteiger partial charge is 0.216 e. The summed E-state index contributed by atoms with van der Waals surface area (Å²) in [7, 11) is -3.24. The van der Waals surface area contributed by atoms with E-state index in [0.29, 0.717) is 19.5 Å². The van der Waals surface area contributed by atoms with E-state index < -0.39 is 15.3 Å². The Hall–Kier alpha value is -2.82. The van der Waals surface area contributed by atoms with E-state index in [0.717, 1.165) is 44.0 Å². The van der Waals surface area contributed by atoms with Crippen molar-refractivity contribution in [3.8, 4) is 0 Å². The van der Waals surface area contributed by atoms with Crippen molar-refractivity contribution in [3.05, 3.63) is 47.9 Å². The van der Waals surface area contributed by atoms with Crippen LogP contribution in [0.4, 0.5) is 11.5 Å². The van der Waals surface area contributed by atoms with Gasteiger partial charge in [-0.25, -0.2) is 23.4 Å². The highest BCUT2D eigenvalue weighted by atomic mass is 32.2. The zero-order valence-electron chi connectivity index (χ0n) is 17.2. The number of H-pyrrole nitrogens is 1. The molecule has 2 N–H and O–H groups in total. The molecule has 0 fully saturated rings. The van der Waals surface area contributed by atoms with Gasteiger partial charge in [0, 0.05) is 24.5 Å². The molecule has 5 rings (SSSR count). The normalized spacial score (nSPS) is 15.6. The molecular formula is C21H22N6O2S2. The summed E-state index contributed by atoms with van der Waals surface area (Å²) in [4.78, 5) is 16.5. The molecular weight excluding hydrogens is 432 g/mol. The van der Waals surface area contributed by atoms with Crippen molar-refractivity contribution >= 4 is 59.7 Å². The van der Waals surface area contributed by atoms with Crippen LogP contribution in [0.3, 0.4) is 0 Å². The van der Waals surface area contributed by atoms with Gasteiger partial charge in [-0.1, -0.05) is 6.08 Å². The number of hydrogen-bond donors (Lipinski definition) is 2. The fourth-order valence-electron chi connectivity index (χ4n) is 3.71. The third kappa shape index (κ3) is 3.71. The Morgan fingerprint density at radius 1 is 1.19 bits per heavy atom. The molecule has 0 saturated carbocycles. The highest BCUT2D eigenvalue weighted by Gasteiger charge is 2.27. The van der Waals surface area contributed by atoms with Crippen LogP contribution in [0, 0.1) is 0 Å². The summed E-state index contributed by atoms with van der Waals surface area (Å²) in [6.07, 6.45) is 4.16. The van der Waals surface area contributed by atoms with Crippen LogP contribution in [-0.2, 0) is 10.0 Å². The summed E-state index contributed by atoms with van der Waals surface area (Å²) >= 11 is 1.60. The first kappa shape index (κ1) is 20.1. The highest BCUT2D eigenvalue weighted by Crippen LogP contribution is 2.31. The van der Waals surface area contributed by atoms with Crippen LogP contribution in [0.15, 0.2) is 42.2 Å². The lowest BCUT2D eigenvalue weighted by molar-refractivity contribution is 0.435. The van der Waals surface area contributed by atoms with Crippen LogP contribution < -0.4 is 5.32 Å². The Kier molecular flexibility index (Phi) is 4.99. The molecule has 4 heterocycles. The molecule has 0 saturated heterocycles. The van der Waals surface area contributed by atoms with Crippen molar-refractivity contribution < 1.29 is 8.42 Å². The number of fused-ring (bicyclic) bond motifs is 2. The van der Waals surface area contributed by atoms with Crippen LogP contribution in [0.25, 0.3) is 26.8 Å². The van der Waals surface area contributed by atoms with Gasteiger partial charge in [0.1, 0.15) is 17.8 Å². The Bertz CT molecular complexity index is 1400. The second kappa shape index (κ2) is 7.70. The number of benzene rings is 1. The number of anilines is 2. The number of nitrogens with one attached hydrogen (secondary N) is 2. The van der Waals surface area contributed by atoms with Gasteiger partial charge < -0.3 is 10.3 Å². The average Bonchev–Trinajstić information content (AvgIpc) is 3.41. The van der Waals surface area contributed by atoms with Crippen molar-refractivity contribution in [1.82, 2.24) is 24.2 Å². The molecule has 8 nitrogen and oxygen atoms in total. The minimum atomic E-state index is -3.24. The van der Waals surface area contributed by atoms with E-state index in [1.165, 1.54) is 6.33 Å². The molecule has 0 radical (unpaired) electrons. The third-order valence-electron chi connectivity index (χ3n) is 5.49. The van der Waals surface area contributed by atoms with Gasteiger partial charge in [0.25, 0.3) is 0 Å². The number of aromatic nitrogens is 4. The molecule has 3 aromatic heterocycles. The average molecular weight is 455 g/mol. The quantitative estimate of drug-likeness (QED) is 0.470. The van der Waals surface area contributed by atoms with E-state index in [1.54, 1.807) is 29.5 Å². The molecule has 0 atom stereocenters. The monoisotopic (exact) mass is 454 g/mol. The summed E-state index contributed by atoms with van der Waals surface area (Å²) in [6.45, 7) is 4.29. The van der Waals surface area contributed by atoms with Gasteiger partial charge in [-0.05, 0) is 50.1 Å². The van der Waals surface area contributed by atoms with Crippen molar-refractivity contribution in [1.29, 1.82) is 0 Å². The lowest BCUT2D eigenvalue weighted by Crippen LogP contribution is -2.39. The number of hydrogen-bond acceptors (Lipinski definition) is 7. The van der Waals surface area contributed by atoms with Crippen LogP contribution >= 0.6 is 11.3 Å². The van der Waals surface area contributed by atoms with E-state index in [1.807, 2.05) is 29.8 Å². The maximum atomic E-state index is 12.4. The minimum absolute atomic E-state index is 0.386. The number of sulfonamides is 1. The number of aromatic amines is 1. The lowest BCUT2D eigenvalue weighted by Gasteiger charge is -2.27. The van der Waals surface area contributed by atoms with Crippen LogP contribution in [0.1, 0.15) is 26.0 Å². The standard InChI is InChI=1S/C21H22N6O2S2/c1-13(2)31(28,29)27-7-5-14(6-8-27)18-10-16-20(22-11-23-21(16)26-18)25-15-3-4-17-19(9-15)30-12-24-17/h3-5,9-13H,6-8H2,1-2H3,(H2,22,23,25,26). The molecule has 0 amide bonds. The maximum absolute atomic E-state index is 12.4. The molecule has 31 heavy (non-hydrogen) atoms.